The van der Waals surface area contributed by atoms with Crippen LogP contribution < -0.4 is 10.1 Å². The van der Waals surface area contributed by atoms with Crippen LogP contribution in [0, 0.1) is 6.92 Å². The van der Waals surface area contributed by atoms with Gasteiger partial charge in [0.25, 0.3) is 11.8 Å². The number of carbonyl (C=O) groups is 2. The zero-order chi connectivity index (χ0) is 25.6. The zero-order valence-electron chi connectivity index (χ0n) is 20.8. The van der Waals surface area contributed by atoms with Crippen LogP contribution in [0.3, 0.4) is 0 Å². The van der Waals surface area contributed by atoms with Crippen LogP contribution >= 0.6 is 0 Å². The Morgan fingerprint density at radius 3 is 2.65 bits per heavy atom. The number of fused-ring (bicyclic) bond motifs is 1. The normalized spacial score (nSPS) is 14.5. The molecule has 5 rings (SSSR count). The molecule has 0 spiro atoms. The lowest BCUT2D eigenvalue weighted by atomic mass is 9.87. The fourth-order valence-corrected chi connectivity index (χ4v) is 4.75. The highest BCUT2D eigenvalue weighted by atomic mass is 16.5. The molecule has 1 atom stereocenters. The molecule has 0 saturated heterocycles. The van der Waals surface area contributed by atoms with Crippen molar-refractivity contribution >= 4 is 11.8 Å². The first-order valence-corrected chi connectivity index (χ1v) is 12.4. The van der Waals surface area contributed by atoms with Crippen molar-refractivity contribution in [3.8, 4) is 5.75 Å². The quantitative estimate of drug-likeness (QED) is 0.400. The maximum Gasteiger partial charge on any atom is 0.258 e. The Labute approximate surface area is 216 Å². The van der Waals surface area contributed by atoms with Crippen LogP contribution in [0.15, 0.2) is 97.3 Å². The van der Waals surface area contributed by atoms with Gasteiger partial charge in [0, 0.05) is 31.0 Å². The van der Waals surface area contributed by atoms with Gasteiger partial charge in [-0.15, -0.1) is 0 Å². The number of aryl methyl sites for hydroxylation is 1. The summed E-state index contributed by atoms with van der Waals surface area (Å²) in [5.41, 5.74) is 5.98. The van der Waals surface area contributed by atoms with E-state index in [1.165, 1.54) is 5.56 Å². The average molecular weight is 492 g/mol. The Bertz CT molecular complexity index is 1390. The Balaban J connectivity index is 1.38. The lowest BCUT2D eigenvalue weighted by Crippen LogP contribution is -2.40. The first-order valence-electron chi connectivity index (χ1n) is 12.4. The second-order valence-corrected chi connectivity index (χ2v) is 9.22. The van der Waals surface area contributed by atoms with Crippen molar-refractivity contribution in [1.29, 1.82) is 0 Å². The van der Waals surface area contributed by atoms with Crippen LogP contribution in [0.5, 0.6) is 5.75 Å². The molecule has 2 heterocycles. The van der Waals surface area contributed by atoms with E-state index in [1.54, 1.807) is 12.4 Å². The smallest absolute Gasteiger partial charge is 0.258 e. The van der Waals surface area contributed by atoms with Crippen LogP contribution in [-0.2, 0) is 17.8 Å². The first-order chi connectivity index (χ1) is 18.1. The SMILES string of the molecule is Cc1cccc(C2c3cc(OCC(=O)NCc4cccnc4)ccc3CCN2C(=O)c2ccccc2)c1. The number of ether oxygens (including phenoxy) is 1. The van der Waals surface area contributed by atoms with E-state index in [9.17, 15) is 9.59 Å². The predicted octanol–water partition coefficient (Wildman–Crippen LogP) is 4.87. The minimum absolute atomic E-state index is 0.00106. The molecule has 1 unspecified atom stereocenters. The number of pyridine rings is 1. The van der Waals surface area contributed by atoms with E-state index >= 15 is 0 Å². The Hall–Kier alpha value is -4.45. The summed E-state index contributed by atoms with van der Waals surface area (Å²) in [5.74, 6) is 0.387. The number of aromatic nitrogens is 1. The molecule has 1 aliphatic heterocycles. The van der Waals surface area contributed by atoms with Crippen molar-refractivity contribution in [2.24, 2.45) is 0 Å². The van der Waals surface area contributed by atoms with E-state index in [4.69, 9.17) is 4.74 Å². The summed E-state index contributed by atoms with van der Waals surface area (Å²) >= 11 is 0. The number of benzene rings is 3. The van der Waals surface area contributed by atoms with Gasteiger partial charge < -0.3 is 15.0 Å². The molecule has 6 nitrogen and oxygen atoms in total. The van der Waals surface area contributed by atoms with Crippen LogP contribution in [0.25, 0.3) is 0 Å². The molecule has 0 fully saturated rings. The summed E-state index contributed by atoms with van der Waals surface area (Å²) in [6.45, 7) is 2.98. The van der Waals surface area contributed by atoms with Crippen LogP contribution in [0.2, 0.25) is 0 Å². The van der Waals surface area contributed by atoms with Gasteiger partial charge >= 0.3 is 0 Å². The van der Waals surface area contributed by atoms with Gasteiger partial charge in [0.1, 0.15) is 5.75 Å². The van der Waals surface area contributed by atoms with Gasteiger partial charge in [0.15, 0.2) is 6.61 Å². The van der Waals surface area contributed by atoms with E-state index in [-0.39, 0.29) is 24.5 Å². The summed E-state index contributed by atoms with van der Waals surface area (Å²) in [5, 5.41) is 2.86. The summed E-state index contributed by atoms with van der Waals surface area (Å²) in [6, 6.07) is 27.1. The summed E-state index contributed by atoms with van der Waals surface area (Å²) in [4.78, 5) is 32.0. The van der Waals surface area contributed by atoms with Crippen molar-refractivity contribution < 1.29 is 14.3 Å². The Morgan fingerprint density at radius 1 is 1.00 bits per heavy atom. The Kier molecular flexibility index (Phi) is 7.26. The average Bonchev–Trinajstić information content (AvgIpc) is 2.95. The minimum atomic E-state index is -0.251. The van der Waals surface area contributed by atoms with Crippen molar-refractivity contribution in [2.75, 3.05) is 13.2 Å². The largest absolute Gasteiger partial charge is 0.484 e. The van der Waals surface area contributed by atoms with Crippen molar-refractivity contribution in [3.05, 3.63) is 131 Å². The van der Waals surface area contributed by atoms with Gasteiger partial charge in [-0.2, -0.15) is 0 Å². The van der Waals surface area contributed by atoms with Crippen LogP contribution in [0.1, 0.15) is 44.2 Å². The van der Waals surface area contributed by atoms with Gasteiger partial charge in [-0.1, -0.05) is 60.2 Å². The van der Waals surface area contributed by atoms with Gasteiger partial charge in [0.2, 0.25) is 0 Å². The summed E-state index contributed by atoms with van der Waals surface area (Å²) in [6.07, 6.45) is 4.17. The monoisotopic (exact) mass is 491 g/mol. The number of rotatable bonds is 7. The van der Waals surface area contributed by atoms with Crippen molar-refractivity contribution in [1.82, 2.24) is 15.2 Å². The van der Waals surface area contributed by atoms with E-state index in [0.717, 1.165) is 28.7 Å². The molecule has 0 bridgehead atoms. The van der Waals surface area contributed by atoms with Crippen LogP contribution in [-0.4, -0.2) is 34.8 Å². The van der Waals surface area contributed by atoms with E-state index in [1.807, 2.05) is 71.6 Å². The summed E-state index contributed by atoms with van der Waals surface area (Å²) in [7, 11) is 0. The second-order valence-electron chi connectivity index (χ2n) is 9.22. The molecule has 0 radical (unpaired) electrons. The van der Waals surface area contributed by atoms with E-state index in [2.05, 4.69) is 35.4 Å². The first kappa shape index (κ1) is 24.3. The van der Waals surface area contributed by atoms with Gasteiger partial charge in [-0.05, 0) is 65.9 Å². The molecular formula is C31H29N3O3. The lowest BCUT2D eigenvalue weighted by molar-refractivity contribution is -0.123. The number of nitrogens with zero attached hydrogens (tertiary/aromatic N) is 2. The number of nitrogens with one attached hydrogen (secondary N) is 1. The minimum Gasteiger partial charge on any atom is -0.484 e. The molecule has 37 heavy (non-hydrogen) atoms. The topological polar surface area (TPSA) is 71.5 Å². The van der Waals surface area contributed by atoms with Crippen LogP contribution in [0.4, 0.5) is 0 Å². The summed E-state index contributed by atoms with van der Waals surface area (Å²) < 4.78 is 5.88. The third-order valence-corrected chi connectivity index (χ3v) is 6.57. The molecule has 3 aromatic carbocycles. The fraction of sp³-hybridized carbons (Fsp3) is 0.194. The second kappa shape index (κ2) is 11.1. The standard InChI is InChI=1S/C31H29N3O3/c1-22-7-5-11-26(17-22)30-28-18-27(37-21-29(35)33-20-23-8-6-15-32-19-23)13-12-24(28)14-16-34(30)31(36)25-9-3-2-4-10-25/h2-13,15,17-19,30H,14,16,20-21H2,1H3,(H,33,35). The molecule has 2 amide bonds. The maximum absolute atomic E-state index is 13.6. The molecule has 1 N–H and O–H groups in total. The van der Waals surface area contributed by atoms with E-state index < -0.39 is 0 Å². The Morgan fingerprint density at radius 2 is 1.86 bits per heavy atom. The molecular weight excluding hydrogens is 462 g/mol. The number of amides is 2. The molecule has 4 aromatic rings. The zero-order valence-corrected chi connectivity index (χ0v) is 20.8. The van der Waals surface area contributed by atoms with Gasteiger partial charge in [0.05, 0.1) is 6.04 Å². The highest BCUT2D eigenvalue weighted by Gasteiger charge is 2.33. The molecule has 6 heteroatoms. The number of hydrogen-bond donors (Lipinski definition) is 1. The third kappa shape index (κ3) is 5.70. The molecule has 0 saturated carbocycles. The molecule has 0 aliphatic carbocycles. The molecule has 1 aliphatic rings. The maximum atomic E-state index is 13.6. The van der Waals surface area contributed by atoms with Crippen molar-refractivity contribution in [3.63, 3.8) is 0 Å². The molecule has 1 aromatic heterocycles. The lowest BCUT2D eigenvalue weighted by Gasteiger charge is -2.38. The fourth-order valence-electron chi connectivity index (χ4n) is 4.75. The predicted molar refractivity (Wildman–Crippen MR) is 142 cm³/mol. The number of hydrogen-bond acceptors (Lipinski definition) is 4. The van der Waals surface area contributed by atoms with Gasteiger partial charge in [-0.3, -0.25) is 14.6 Å². The van der Waals surface area contributed by atoms with Gasteiger partial charge in [-0.25, -0.2) is 0 Å². The highest BCUT2D eigenvalue weighted by Crippen LogP contribution is 2.38. The molecule has 186 valence electrons. The third-order valence-electron chi connectivity index (χ3n) is 6.57. The highest BCUT2D eigenvalue weighted by molar-refractivity contribution is 5.95. The number of carbonyl (C=O) groups excluding carboxylic acids is 2. The van der Waals surface area contributed by atoms with E-state index in [0.29, 0.717) is 24.4 Å². The van der Waals surface area contributed by atoms with Crippen molar-refractivity contribution in [2.45, 2.75) is 25.9 Å².